The highest BCUT2D eigenvalue weighted by molar-refractivity contribution is 6.10. The largest absolute Gasteiger partial charge is 0.455 e. The first-order valence-corrected chi connectivity index (χ1v) is 16.8. The molecule has 228 valence electrons. The van der Waals surface area contributed by atoms with Gasteiger partial charge in [0.1, 0.15) is 23.4 Å². The van der Waals surface area contributed by atoms with Crippen LogP contribution in [0.2, 0.25) is 0 Å². The molecule has 1 aliphatic rings. The van der Waals surface area contributed by atoms with Crippen LogP contribution in [0.5, 0.6) is 0 Å². The Balaban J connectivity index is 1.31. The van der Waals surface area contributed by atoms with Crippen molar-refractivity contribution in [2.24, 2.45) is 0 Å². The zero-order chi connectivity index (χ0) is 31.8. The average molecular weight is 610 g/mol. The molecule has 0 fully saturated rings. The normalized spacial score (nSPS) is 12.6. The monoisotopic (exact) mass is 609 g/mol. The molecule has 9 rings (SSSR count). The second kappa shape index (κ2) is 10.6. The number of para-hydroxylation sites is 3. The fraction of sp³-hybridized carbons (Fsp3) is 0.159. The second-order valence-corrected chi connectivity index (χ2v) is 13.6. The third-order valence-electron chi connectivity index (χ3n) is 10.0. The van der Waals surface area contributed by atoms with Gasteiger partial charge in [-0.25, -0.2) is 4.57 Å². The molecule has 0 bridgehead atoms. The Hall–Kier alpha value is -5.41. The van der Waals surface area contributed by atoms with Gasteiger partial charge in [-0.3, -0.25) is 0 Å². The van der Waals surface area contributed by atoms with Crippen LogP contribution in [0.4, 0.5) is 0 Å². The molecule has 0 unspecified atom stereocenters. The molecule has 3 heterocycles. The van der Waals surface area contributed by atoms with Crippen LogP contribution in [0.25, 0.3) is 72.3 Å². The van der Waals surface area contributed by atoms with Crippen molar-refractivity contribution in [1.29, 1.82) is 0 Å². The molecule has 0 radical (unpaired) electrons. The molecule has 2 aromatic heterocycles. The van der Waals surface area contributed by atoms with Crippen LogP contribution < -0.4 is 4.57 Å². The first kappa shape index (κ1) is 27.9. The predicted molar refractivity (Wildman–Crippen MR) is 194 cm³/mol. The summed E-state index contributed by atoms with van der Waals surface area (Å²) in [4.78, 5) is 0. The van der Waals surface area contributed by atoms with Gasteiger partial charge in [0.25, 0.3) is 5.82 Å². The molecular formula is C44H37N2O+. The summed E-state index contributed by atoms with van der Waals surface area (Å²) in [6, 6.07) is 46.4. The van der Waals surface area contributed by atoms with Gasteiger partial charge in [-0.1, -0.05) is 125 Å². The van der Waals surface area contributed by atoms with Crippen LogP contribution in [0.1, 0.15) is 56.2 Å². The van der Waals surface area contributed by atoms with Crippen LogP contribution in [0, 0.1) is 0 Å². The molecule has 0 atom stereocenters. The molecule has 0 saturated carbocycles. The van der Waals surface area contributed by atoms with E-state index in [9.17, 15) is 0 Å². The molecule has 0 aliphatic carbocycles. The zero-order valence-corrected chi connectivity index (χ0v) is 27.3. The molecule has 0 N–H and O–H groups in total. The average Bonchev–Trinajstić information content (AvgIpc) is 3.77. The fourth-order valence-electron chi connectivity index (χ4n) is 7.71. The molecule has 6 aromatic carbocycles. The second-order valence-electron chi connectivity index (χ2n) is 13.6. The molecule has 0 amide bonds. The highest BCUT2D eigenvalue weighted by atomic mass is 16.3. The first-order chi connectivity index (χ1) is 23.0. The van der Waals surface area contributed by atoms with Gasteiger partial charge in [0, 0.05) is 27.5 Å². The summed E-state index contributed by atoms with van der Waals surface area (Å²) < 4.78 is 11.7. The number of rotatable bonds is 5. The Morgan fingerprint density at radius 2 is 1.21 bits per heavy atom. The Labute approximate surface area is 275 Å². The van der Waals surface area contributed by atoms with Crippen molar-refractivity contribution in [3.8, 4) is 39.3 Å². The van der Waals surface area contributed by atoms with Crippen molar-refractivity contribution in [1.82, 2.24) is 4.57 Å². The maximum atomic E-state index is 6.69. The zero-order valence-electron chi connectivity index (χ0n) is 27.3. The summed E-state index contributed by atoms with van der Waals surface area (Å²) in [5.41, 5.74) is 15.9. The summed E-state index contributed by atoms with van der Waals surface area (Å²) in [6.45, 7) is 10.1. The molecule has 47 heavy (non-hydrogen) atoms. The Morgan fingerprint density at radius 3 is 1.94 bits per heavy atom. The van der Waals surface area contributed by atoms with E-state index in [1.54, 1.807) is 0 Å². The van der Waals surface area contributed by atoms with E-state index in [-0.39, 0.29) is 0 Å². The minimum atomic E-state index is 0.315. The summed E-state index contributed by atoms with van der Waals surface area (Å²) >= 11 is 0. The molecule has 8 aromatic rings. The lowest BCUT2D eigenvalue weighted by molar-refractivity contribution is -0.645. The summed E-state index contributed by atoms with van der Waals surface area (Å²) in [5.74, 6) is 1.83. The maximum Gasteiger partial charge on any atom is 0.299 e. The minimum absolute atomic E-state index is 0.315. The van der Waals surface area contributed by atoms with E-state index in [4.69, 9.17) is 4.42 Å². The number of hydrogen-bond acceptors (Lipinski definition) is 1. The highest BCUT2D eigenvalue weighted by Crippen LogP contribution is 2.45. The SMILES string of the molecule is CC(C)c1cc(-c2ccc(-c3ccccc3)cc2)cc(C(C)C)c1-n1c2[n+](c3ccccc31)Cc1ccc3c(oc4ccccc43)c1-2. The lowest BCUT2D eigenvalue weighted by Gasteiger charge is -2.20. The van der Waals surface area contributed by atoms with Crippen LogP contribution >= 0.6 is 0 Å². The van der Waals surface area contributed by atoms with Gasteiger partial charge >= 0.3 is 0 Å². The highest BCUT2D eigenvalue weighted by Gasteiger charge is 2.39. The standard InChI is InChI=1S/C44H37N2O/c1-27(2)36-24-33(31-20-18-30(19-21-31)29-12-6-5-7-13-29)25-37(28(3)4)42(36)46-39-16-10-9-15-38(39)45-26-32-22-23-35-34-14-8-11-17-40(34)47-43(35)41(32)44(45)46/h5-25,27-28H,26H2,1-4H3/q+1. The van der Waals surface area contributed by atoms with Gasteiger partial charge in [0.15, 0.2) is 16.6 Å². The molecule has 3 nitrogen and oxygen atoms in total. The number of hydrogen-bond donors (Lipinski definition) is 0. The number of nitrogens with zero attached hydrogens (tertiary/aromatic N) is 2. The van der Waals surface area contributed by atoms with E-state index in [2.05, 4.69) is 164 Å². The van der Waals surface area contributed by atoms with Gasteiger partial charge in [-0.05, 0) is 64.4 Å². The van der Waals surface area contributed by atoms with Crippen LogP contribution in [-0.4, -0.2) is 4.57 Å². The maximum absolute atomic E-state index is 6.69. The van der Waals surface area contributed by atoms with Crippen molar-refractivity contribution in [2.45, 2.75) is 46.1 Å². The summed E-state index contributed by atoms with van der Waals surface area (Å²) in [7, 11) is 0. The van der Waals surface area contributed by atoms with E-state index in [1.165, 1.54) is 77.8 Å². The summed E-state index contributed by atoms with van der Waals surface area (Å²) in [5, 5.41) is 2.34. The third kappa shape index (κ3) is 4.23. The van der Waals surface area contributed by atoms with E-state index < -0.39 is 0 Å². The van der Waals surface area contributed by atoms with E-state index in [1.807, 2.05) is 0 Å². The van der Waals surface area contributed by atoms with Crippen molar-refractivity contribution in [2.75, 3.05) is 0 Å². The van der Waals surface area contributed by atoms with E-state index in [0.717, 1.165) is 17.7 Å². The molecule has 0 spiro atoms. The predicted octanol–water partition coefficient (Wildman–Crippen LogP) is 11.4. The third-order valence-corrected chi connectivity index (χ3v) is 10.0. The topological polar surface area (TPSA) is 21.9 Å². The van der Waals surface area contributed by atoms with Gasteiger partial charge in [-0.15, -0.1) is 0 Å². The smallest absolute Gasteiger partial charge is 0.299 e. The van der Waals surface area contributed by atoms with E-state index >= 15 is 0 Å². The van der Waals surface area contributed by atoms with Gasteiger partial charge in [0.2, 0.25) is 0 Å². The first-order valence-electron chi connectivity index (χ1n) is 16.8. The minimum Gasteiger partial charge on any atom is -0.455 e. The Morgan fingerprint density at radius 1 is 0.596 bits per heavy atom. The molecule has 3 heteroatoms. The van der Waals surface area contributed by atoms with Crippen molar-refractivity contribution in [3.05, 3.63) is 144 Å². The molecule has 1 aliphatic heterocycles. The number of fused-ring (bicyclic) bond motifs is 9. The van der Waals surface area contributed by atoms with Gasteiger partial charge < -0.3 is 4.42 Å². The van der Waals surface area contributed by atoms with Crippen LogP contribution in [-0.2, 0) is 6.54 Å². The van der Waals surface area contributed by atoms with Crippen LogP contribution in [0.15, 0.2) is 132 Å². The summed E-state index contributed by atoms with van der Waals surface area (Å²) in [6.07, 6.45) is 0. The lowest BCUT2D eigenvalue weighted by Crippen LogP contribution is -2.31. The Bertz CT molecular complexity index is 2450. The van der Waals surface area contributed by atoms with Crippen LogP contribution in [0.3, 0.4) is 0 Å². The van der Waals surface area contributed by atoms with E-state index in [0.29, 0.717) is 11.8 Å². The lowest BCUT2D eigenvalue weighted by atomic mass is 9.87. The molecular weight excluding hydrogens is 572 g/mol. The number of imidazole rings is 1. The molecule has 0 saturated heterocycles. The van der Waals surface area contributed by atoms with Crippen molar-refractivity contribution < 1.29 is 8.98 Å². The quantitative estimate of drug-likeness (QED) is 0.178. The van der Waals surface area contributed by atoms with Crippen molar-refractivity contribution >= 4 is 33.0 Å². The van der Waals surface area contributed by atoms with Crippen molar-refractivity contribution in [3.63, 3.8) is 0 Å². The number of benzene rings is 6. The van der Waals surface area contributed by atoms with Gasteiger partial charge in [0.05, 0.1) is 0 Å². The number of furan rings is 1. The fourth-order valence-corrected chi connectivity index (χ4v) is 7.71. The van der Waals surface area contributed by atoms with Gasteiger partial charge in [-0.2, -0.15) is 4.57 Å². The number of aromatic nitrogens is 2. The Kier molecular flexibility index (Phi) is 6.26.